The van der Waals surface area contributed by atoms with E-state index in [9.17, 15) is 4.39 Å². The molecule has 0 saturated carbocycles. The molecule has 0 fully saturated rings. The van der Waals surface area contributed by atoms with Crippen molar-refractivity contribution in [2.75, 3.05) is 16.4 Å². The van der Waals surface area contributed by atoms with Gasteiger partial charge in [0.05, 0.1) is 0 Å². The fourth-order valence-electron chi connectivity index (χ4n) is 1.81. The molecule has 22 heavy (non-hydrogen) atoms. The van der Waals surface area contributed by atoms with Gasteiger partial charge in [0.15, 0.2) is 17.5 Å². The Bertz CT molecular complexity index is 786. The standard InChI is InChI=1S/C14H13FN6O/c1-8-6-11(21-22-8)20-14-12(16)13(17-7-18-14)19-10-4-2-9(15)3-5-10/h2-7H,16H2,1H3,(H2,17,18,19,20,21). The number of benzene rings is 1. The number of aryl methyl sites for hydroxylation is 1. The highest BCUT2D eigenvalue weighted by Crippen LogP contribution is 2.27. The van der Waals surface area contributed by atoms with Crippen LogP contribution in [-0.2, 0) is 0 Å². The fourth-order valence-corrected chi connectivity index (χ4v) is 1.81. The lowest BCUT2D eigenvalue weighted by molar-refractivity contribution is 0.400. The van der Waals surface area contributed by atoms with Gasteiger partial charge in [-0.2, -0.15) is 0 Å². The van der Waals surface area contributed by atoms with Crippen LogP contribution in [0, 0.1) is 12.7 Å². The van der Waals surface area contributed by atoms with Crippen LogP contribution in [0.5, 0.6) is 0 Å². The molecule has 7 nitrogen and oxygen atoms in total. The lowest BCUT2D eigenvalue weighted by atomic mass is 10.3. The summed E-state index contributed by atoms with van der Waals surface area (Å²) in [5.74, 6) is 1.65. The SMILES string of the molecule is Cc1cc(Nc2ncnc(Nc3ccc(F)cc3)c2N)no1. The Labute approximate surface area is 125 Å². The molecule has 0 aliphatic carbocycles. The summed E-state index contributed by atoms with van der Waals surface area (Å²) in [6.45, 7) is 1.78. The van der Waals surface area contributed by atoms with Gasteiger partial charge >= 0.3 is 0 Å². The molecule has 0 atom stereocenters. The lowest BCUT2D eigenvalue weighted by Crippen LogP contribution is -2.05. The zero-order chi connectivity index (χ0) is 15.5. The summed E-state index contributed by atoms with van der Waals surface area (Å²) in [4.78, 5) is 8.15. The quantitative estimate of drug-likeness (QED) is 0.680. The van der Waals surface area contributed by atoms with Gasteiger partial charge in [0, 0.05) is 11.8 Å². The van der Waals surface area contributed by atoms with Crippen molar-refractivity contribution < 1.29 is 8.91 Å². The molecule has 3 rings (SSSR count). The molecule has 0 amide bonds. The Morgan fingerprint density at radius 1 is 1.09 bits per heavy atom. The molecule has 0 saturated heterocycles. The van der Waals surface area contributed by atoms with Gasteiger partial charge in [-0.25, -0.2) is 14.4 Å². The van der Waals surface area contributed by atoms with Crippen LogP contribution in [0.4, 0.5) is 33.2 Å². The van der Waals surface area contributed by atoms with Crippen LogP contribution in [0.15, 0.2) is 41.2 Å². The first-order valence-corrected chi connectivity index (χ1v) is 6.45. The van der Waals surface area contributed by atoms with Gasteiger partial charge in [-0.05, 0) is 31.2 Å². The van der Waals surface area contributed by atoms with Crippen LogP contribution in [-0.4, -0.2) is 15.1 Å². The molecule has 2 heterocycles. The van der Waals surface area contributed by atoms with Crippen LogP contribution in [0.25, 0.3) is 0 Å². The zero-order valence-electron chi connectivity index (χ0n) is 11.7. The second kappa shape index (κ2) is 5.68. The third-order valence-electron chi connectivity index (χ3n) is 2.87. The van der Waals surface area contributed by atoms with E-state index < -0.39 is 0 Å². The molecule has 0 radical (unpaired) electrons. The van der Waals surface area contributed by atoms with E-state index in [1.165, 1.54) is 18.5 Å². The summed E-state index contributed by atoms with van der Waals surface area (Å²) < 4.78 is 17.9. The van der Waals surface area contributed by atoms with Crippen molar-refractivity contribution in [2.45, 2.75) is 6.92 Å². The first-order chi connectivity index (χ1) is 10.6. The Kier molecular flexibility index (Phi) is 3.57. The molecular weight excluding hydrogens is 287 g/mol. The van der Waals surface area contributed by atoms with E-state index in [0.717, 1.165) is 0 Å². The van der Waals surface area contributed by atoms with Crippen LogP contribution in [0.3, 0.4) is 0 Å². The molecule has 0 bridgehead atoms. The topological polar surface area (TPSA) is 102 Å². The van der Waals surface area contributed by atoms with Gasteiger partial charge in [0.1, 0.15) is 23.6 Å². The minimum absolute atomic E-state index is 0.312. The zero-order valence-corrected chi connectivity index (χ0v) is 11.7. The Balaban J connectivity index is 1.83. The van der Waals surface area contributed by atoms with Crippen molar-refractivity contribution in [3.05, 3.63) is 48.2 Å². The number of anilines is 5. The maximum Gasteiger partial charge on any atom is 0.175 e. The maximum atomic E-state index is 12.9. The number of nitrogen functional groups attached to an aromatic ring is 1. The first kappa shape index (κ1) is 13.8. The van der Waals surface area contributed by atoms with Crippen molar-refractivity contribution in [3.8, 4) is 0 Å². The van der Waals surface area contributed by atoms with Gasteiger partial charge in [0.25, 0.3) is 0 Å². The number of nitrogens with zero attached hydrogens (tertiary/aromatic N) is 3. The van der Waals surface area contributed by atoms with Crippen molar-refractivity contribution in [2.24, 2.45) is 0 Å². The number of nitrogens with two attached hydrogens (primary N) is 1. The van der Waals surface area contributed by atoms with Gasteiger partial charge < -0.3 is 20.9 Å². The maximum absolute atomic E-state index is 12.9. The molecule has 8 heteroatoms. The van der Waals surface area contributed by atoms with Crippen molar-refractivity contribution >= 4 is 28.8 Å². The Morgan fingerprint density at radius 2 is 1.77 bits per heavy atom. The number of aromatic nitrogens is 3. The second-order valence-corrected chi connectivity index (χ2v) is 4.56. The monoisotopic (exact) mass is 300 g/mol. The largest absolute Gasteiger partial charge is 0.393 e. The molecule has 112 valence electrons. The third kappa shape index (κ3) is 2.95. The van der Waals surface area contributed by atoms with Gasteiger partial charge in [-0.3, -0.25) is 0 Å². The number of rotatable bonds is 4. The highest BCUT2D eigenvalue weighted by atomic mass is 19.1. The van der Waals surface area contributed by atoms with Gasteiger partial charge in [0.2, 0.25) is 0 Å². The minimum atomic E-state index is -0.315. The molecule has 0 aliphatic heterocycles. The normalized spacial score (nSPS) is 10.5. The molecule has 1 aromatic carbocycles. The number of halogens is 1. The van der Waals surface area contributed by atoms with Gasteiger partial charge in [-0.15, -0.1) is 0 Å². The lowest BCUT2D eigenvalue weighted by Gasteiger charge is -2.11. The van der Waals surface area contributed by atoms with Crippen LogP contribution >= 0.6 is 0 Å². The van der Waals surface area contributed by atoms with E-state index in [1.54, 1.807) is 25.1 Å². The van der Waals surface area contributed by atoms with Crippen molar-refractivity contribution in [1.29, 1.82) is 0 Å². The summed E-state index contributed by atoms with van der Waals surface area (Å²) >= 11 is 0. The summed E-state index contributed by atoms with van der Waals surface area (Å²) in [6.07, 6.45) is 1.36. The molecule has 4 N–H and O–H groups in total. The molecular formula is C14H13FN6O. The molecule has 2 aromatic heterocycles. The Morgan fingerprint density at radius 3 is 2.41 bits per heavy atom. The number of hydrogen-bond acceptors (Lipinski definition) is 7. The molecule has 0 aliphatic rings. The Hall–Kier alpha value is -3.16. The minimum Gasteiger partial charge on any atom is -0.393 e. The molecule has 3 aromatic rings. The predicted octanol–water partition coefficient (Wildman–Crippen LogP) is 2.98. The summed E-state index contributed by atoms with van der Waals surface area (Å²) in [7, 11) is 0. The van der Waals surface area contributed by atoms with Gasteiger partial charge in [-0.1, -0.05) is 5.16 Å². The molecule has 0 spiro atoms. The first-order valence-electron chi connectivity index (χ1n) is 6.45. The van der Waals surface area contributed by atoms with Crippen LogP contribution in [0.1, 0.15) is 5.76 Å². The summed E-state index contributed by atoms with van der Waals surface area (Å²) in [5.41, 5.74) is 7.01. The summed E-state index contributed by atoms with van der Waals surface area (Å²) in [5, 5.41) is 9.76. The van der Waals surface area contributed by atoms with E-state index in [2.05, 4.69) is 25.8 Å². The average molecular weight is 300 g/mol. The highest BCUT2D eigenvalue weighted by Gasteiger charge is 2.10. The smallest absolute Gasteiger partial charge is 0.175 e. The predicted molar refractivity (Wildman–Crippen MR) is 80.6 cm³/mol. The van der Waals surface area contributed by atoms with Crippen LogP contribution < -0.4 is 16.4 Å². The highest BCUT2D eigenvalue weighted by molar-refractivity contribution is 5.79. The average Bonchev–Trinajstić information content (AvgIpc) is 2.91. The third-order valence-corrected chi connectivity index (χ3v) is 2.87. The van der Waals surface area contributed by atoms with E-state index in [-0.39, 0.29) is 5.82 Å². The number of hydrogen-bond donors (Lipinski definition) is 3. The molecule has 0 unspecified atom stereocenters. The fraction of sp³-hybridized carbons (Fsp3) is 0.0714. The van der Waals surface area contributed by atoms with Crippen molar-refractivity contribution in [3.63, 3.8) is 0 Å². The summed E-state index contributed by atoms with van der Waals surface area (Å²) in [6, 6.07) is 7.58. The number of nitrogens with one attached hydrogen (secondary N) is 2. The van der Waals surface area contributed by atoms with Crippen molar-refractivity contribution in [1.82, 2.24) is 15.1 Å². The van der Waals surface area contributed by atoms with E-state index >= 15 is 0 Å². The second-order valence-electron chi connectivity index (χ2n) is 4.56. The van der Waals surface area contributed by atoms with E-state index in [0.29, 0.717) is 34.6 Å². The van der Waals surface area contributed by atoms with E-state index in [1.807, 2.05) is 0 Å². The van der Waals surface area contributed by atoms with E-state index in [4.69, 9.17) is 10.3 Å². The van der Waals surface area contributed by atoms with Crippen LogP contribution in [0.2, 0.25) is 0 Å².